The SMILES string of the molecule is COc1ccccc1-c1ccc(/C=C(\NC(=O)c2ccccc2)C(=O)Nc2ccc(SCC(=O)Nc3ccc(C(C)C)cc3)cc2)o1. The van der Waals surface area contributed by atoms with E-state index in [0.717, 1.165) is 16.1 Å². The monoisotopic (exact) mass is 645 g/mol. The Morgan fingerprint density at radius 3 is 2.15 bits per heavy atom. The lowest BCUT2D eigenvalue weighted by Gasteiger charge is -2.11. The molecule has 47 heavy (non-hydrogen) atoms. The highest BCUT2D eigenvalue weighted by atomic mass is 32.2. The van der Waals surface area contributed by atoms with Crippen molar-refractivity contribution in [1.82, 2.24) is 5.32 Å². The summed E-state index contributed by atoms with van der Waals surface area (Å²) in [6, 6.07) is 34.5. The van der Waals surface area contributed by atoms with Crippen LogP contribution < -0.4 is 20.7 Å². The molecular formula is C38H35N3O5S. The van der Waals surface area contributed by atoms with Crippen molar-refractivity contribution < 1.29 is 23.5 Å². The average Bonchev–Trinajstić information content (AvgIpc) is 3.56. The number of benzene rings is 4. The van der Waals surface area contributed by atoms with Crippen LogP contribution in [0.5, 0.6) is 5.75 Å². The molecule has 3 amide bonds. The second-order valence-electron chi connectivity index (χ2n) is 10.9. The zero-order chi connectivity index (χ0) is 33.2. The third-order valence-corrected chi connectivity index (χ3v) is 8.17. The lowest BCUT2D eigenvalue weighted by molar-refractivity contribution is -0.114. The Hall–Kier alpha value is -5.54. The number of carbonyl (C=O) groups is 3. The molecule has 0 unspecified atom stereocenters. The van der Waals surface area contributed by atoms with E-state index in [1.807, 2.05) is 66.7 Å². The van der Waals surface area contributed by atoms with Gasteiger partial charge in [0.05, 0.1) is 18.4 Å². The van der Waals surface area contributed by atoms with Crippen molar-refractivity contribution >= 4 is 46.9 Å². The summed E-state index contributed by atoms with van der Waals surface area (Å²) in [5.41, 5.74) is 3.64. The topological polar surface area (TPSA) is 110 Å². The van der Waals surface area contributed by atoms with Gasteiger partial charge in [-0.1, -0.05) is 56.3 Å². The summed E-state index contributed by atoms with van der Waals surface area (Å²) < 4.78 is 11.5. The van der Waals surface area contributed by atoms with Gasteiger partial charge in [0, 0.05) is 27.9 Å². The molecule has 0 atom stereocenters. The summed E-state index contributed by atoms with van der Waals surface area (Å²) in [5, 5.41) is 8.48. The minimum absolute atomic E-state index is 0.00340. The molecule has 0 bridgehead atoms. The predicted octanol–water partition coefficient (Wildman–Crippen LogP) is 8.22. The third-order valence-electron chi connectivity index (χ3n) is 7.16. The zero-order valence-electron chi connectivity index (χ0n) is 26.3. The number of amides is 3. The lowest BCUT2D eigenvalue weighted by Crippen LogP contribution is -2.30. The smallest absolute Gasteiger partial charge is 0.272 e. The number of anilines is 2. The number of carbonyl (C=O) groups excluding carboxylic acids is 3. The molecule has 0 saturated heterocycles. The fraction of sp³-hybridized carbons (Fsp3) is 0.132. The van der Waals surface area contributed by atoms with Gasteiger partial charge in [-0.2, -0.15) is 0 Å². The van der Waals surface area contributed by atoms with Gasteiger partial charge in [-0.3, -0.25) is 14.4 Å². The minimum Gasteiger partial charge on any atom is -0.496 e. The molecule has 4 aromatic carbocycles. The normalized spacial score (nSPS) is 11.2. The highest BCUT2D eigenvalue weighted by molar-refractivity contribution is 8.00. The molecule has 5 aromatic rings. The Labute approximate surface area is 278 Å². The molecule has 1 heterocycles. The van der Waals surface area contributed by atoms with E-state index in [1.54, 1.807) is 55.6 Å². The maximum Gasteiger partial charge on any atom is 0.272 e. The summed E-state index contributed by atoms with van der Waals surface area (Å²) in [6.45, 7) is 4.25. The summed E-state index contributed by atoms with van der Waals surface area (Å²) in [7, 11) is 1.58. The average molecular weight is 646 g/mol. The number of hydrogen-bond acceptors (Lipinski definition) is 6. The molecule has 0 saturated carbocycles. The maximum atomic E-state index is 13.5. The van der Waals surface area contributed by atoms with E-state index in [-0.39, 0.29) is 17.4 Å². The summed E-state index contributed by atoms with van der Waals surface area (Å²) in [4.78, 5) is 39.9. The molecule has 0 radical (unpaired) electrons. The van der Waals surface area contributed by atoms with Crippen molar-refractivity contribution in [3.63, 3.8) is 0 Å². The Bertz CT molecular complexity index is 1860. The van der Waals surface area contributed by atoms with Gasteiger partial charge < -0.3 is 25.1 Å². The third kappa shape index (κ3) is 9.02. The summed E-state index contributed by atoms with van der Waals surface area (Å²) >= 11 is 1.39. The Balaban J connectivity index is 1.26. The van der Waals surface area contributed by atoms with Crippen LogP contribution in [-0.2, 0) is 9.59 Å². The van der Waals surface area contributed by atoms with Gasteiger partial charge in [0.15, 0.2) is 0 Å². The van der Waals surface area contributed by atoms with Crippen LogP contribution in [0.1, 0.15) is 41.4 Å². The summed E-state index contributed by atoms with van der Waals surface area (Å²) in [6.07, 6.45) is 1.48. The van der Waals surface area contributed by atoms with E-state index in [2.05, 4.69) is 29.8 Å². The van der Waals surface area contributed by atoms with Crippen LogP contribution in [-0.4, -0.2) is 30.6 Å². The van der Waals surface area contributed by atoms with Crippen molar-refractivity contribution in [2.75, 3.05) is 23.5 Å². The second-order valence-corrected chi connectivity index (χ2v) is 11.9. The van der Waals surface area contributed by atoms with E-state index in [1.165, 1.54) is 23.4 Å². The van der Waals surface area contributed by atoms with Crippen LogP contribution in [0.25, 0.3) is 17.4 Å². The Morgan fingerprint density at radius 1 is 0.787 bits per heavy atom. The Kier molecular flexibility index (Phi) is 10.9. The standard InChI is InChI=1S/C38H35N3O5S/c1-25(2)26-13-15-28(16-14-26)39-36(42)24-47-31-20-17-29(18-21-31)40-38(44)33(41-37(43)27-9-5-4-6-10-27)23-30-19-22-35(46-30)32-11-7-8-12-34(32)45-3/h4-23,25H,24H2,1-3H3,(H,39,42)(H,40,44)(H,41,43)/b33-23-. The molecule has 238 valence electrons. The molecule has 1 aromatic heterocycles. The maximum absolute atomic E-state index is 13.5. The van der Waals surface area contributed by atoms with Crippen molar-refractivity contribution in [3.8, 4) is 17.1 Å². The van der Waals surface area contributed by atoms with Crippen LogP contribution in [0.2, 0.25) is 0 Å². The largest absolute Gasteiger partial charge is 0.496 e. The van der Waals surface area contributed by atoms with E-state index in [0.29, 0.717) is 34.4 Å². The number of hydrogen-bond donors (Lipinski definition) is 3. The first-order chi connectivity index (χ1) is 22.8. The molecule has 0 aliphatic heterocycles. The molecule has 0 fully saturated rings. The van der Waals surface area contributed by atoms with Gasteiger partial charge in [0.1, 0.15) is 23.0 Å². The number of para-hydroxylation sites is 1. The molecule has 8 nitrogen and oxygen atoms in total. The van der Waals surface area contributed by atoms with E-state index in [4.69, 9.17) is 9.15 Å². The second kappa shape index (κ2) is 15.6. The number of rotatable bonds is 12. The lowest BCUT2D eigenvalue weighted by atomic mass is 10.0. The highest BCUT2D eigenvalue weighted by Crippen LogP contribution is 2.31. The van der Waals surface area contributed by atoms with E-state index >= 15 is 0 Å². The van der Waals surface area contributed by atoms with Crippen LogP contribution in [0.3, 0.4) is 0 Å². The van der Waals surface area contributed by atoms with Gasteiger partial charge in [0.2, 0.25) is 5.91 Å². The number of nitrogens with one attached hydrogen (secondary N) is 3. The molecule has 0 spiro atoms. The molecule has 3 N–H and O–H groups in total. The first-order valence-electron chi connectivity index (χ1n) is 15.0. The fourth-order valence-corrected chi connectivity index (χ4v) is 5.34. The molecule has 5 rings (SSSR count). The molecule has 0 aliphatic carbocycles. The van der Waals surface area contributed by atoms with Crippen molar-refractivity contribution in [1.29, 1.82) is 0 Å². The molecule has 0 aliphatic rings. The summed E-state index contributed by atoms with van der Waals surface area (Å²) in [5.74, 6) is 1.13. The molecular weight excluding hydrogens is 611 g/mol. The van der Waals surface area contributed by atoms with Crippen molar-refractivity contribution in [2.24, 2.45) is 0 Å². The minimum atomic E-state index is -0.534. The highest BCUT2D eigenvalue weighted by Gasteiger charge is 2.17. The Morgan fingerprint density at radius 2 is 1.45 bits per heavy atom. The predicted molar refractivity (Wildman–Crippen MR) is 188 cm³/mol. The zero-order valence-corrected chi connectivity index (χ0v) is 27.1. The van der Waals surface area contributed by atoms with E-state index in [9.17, 15) is 14.4 Å². The number of furan rings is 1. The van der Waals surface area contributed by atoms with Gasteiger partial charge in [-0.05, 0) is 84.3 Å². The first-order valence-corrected chi connectivity index (χ1v) is 16.0. The van der Waals surface area contributed by atoms with E-state index < -0.39 is 11.8 Å². The first kappa shape index (κ1) is 32.8. The van der Waals surface area contributed by atoms with Crippen LogP contribution in [0.15, 0.2) is 130 Å². The molecule has 9 heteroatoms. The number of methoxy groups -OCH3 is 1. The van der Waals surface area contributed by atoms with Gasteiger partial charge >= 0.3 is 0 Å². The van der Waals surface area contributed by atoms with Crippen molar-refractivity contribution in [3.05, 3.63) is 138 Å². The van der Waals surface area contributed by atoms with Gasteiger partial charge in [0.25, 0.3) is 11.8 Å². The van der Waals surface area contributed by atoms with Gasteiger partial charge in [-0.15, -0.1) is 11.8 Å². The quantitative estimate of drug-likeness (QED) is 0.0932. The van der Waals surface area contributed by atoms with Crippen LogP contribution >= 0.6 is 11.8 Å². The van der Waals surface area contributed by atoms with Crippen LogP contribution in [0, 0.1) is 0 Å². The van der Waals surface area contributed by atoms with Gasteiger partial charge in [-0.25, -0.2) is 0 Å². The van der Waals surface area contributed by atoms with Crippen LogP contribution in [0.4, 0.5) is 11.4 Å². The number of ether oxygens (including phenoxy) is 1. The van der Waals surface area contributed by atoms with Crippen molar-refractivity contribution in [2.45, 2.75) is 24.7 Å². The fourth-order valence-electron chi connectivity index (χ4n) is 4.64. The number of thioether (sulfide) groups is 1.